The van der Waals surface area contributed by atoms with E-state index in [1.807, 2.05) is 25.7 Å². The number of nitrogens with zero attached hydrogens (tertiary/aromatic N) is 2. The zero-order valence-corrected chi connectivity index (χ0v) is 9.32. The first-order valence-corrected chi connectivity index (χ1v) is 5.06. The minimum Gasteiger partial charge on any atom is -0.478 e. The first kappa shape index (κ1) is 11.5. The van der Waals surface area contributed by atoms with Crippen LogP contribution in [0.25, 0.3) is 0 Å². The van der Waals surface area contributed by atoms with E-state index < -0.39 is 5.97 Å². The van der Waals surface area contributed by atoms with Gasteiger partial charge in [0.1, 0.15) is 11.4 Å². The summed E-state index contributed by atoms with van der Waals surface area (Å²) in [6.45, 7) is 7.34. The van der Waals surface area contributed by atoms with Crippen molar-refractivity contribution in [2.24, 2.45) is 0 Å². The topological polar surface area (TPSA) is 53.4 Å². The summed E-state index contributed by atoms with van der Waals surface area (Å²) in [6, 6.07) is 3.33. The Morgan fingerprint density at radius 3 is 2.47 bits per heavy atom. The van der Waals surface area contributed by atoms with Gasteiger partial charge < -0.3 is 10.0 Å². The van der Waals surface area contributed by atoms with Gasteiger partial charge in [-0.05, 0) is 32.9 Å². The Morgan fingerprint density at radius 1 is 1.40 bits per heavy atom. The van der Waals surface area contributed by atoms with Crippen LogP contribution in [0.15, 0.2) is 12.1 Å². The van der Waals surface area contributed by atoms with E-state index in [-0.39, 0.29) is 5.56 Å². The van der Waals surface area contributed by atoms with Crippen molar-refractivity contribution >= 4 is 11.8 Å². The fourth-order valence-corrected chi connectivity index (χ4v) is 1.47. The van der Waals surface area contributed by atoms with Gasteiger partial charge in [0.25, 0.3) is 0 Å². The molecule has 0 aliphatic rings. The minimum atomic E-state index is -0.926. The summed E-state index contributed by atoms with van der Waals surface area (Å²) >= 11 is 0. The third-order valence-corrected chi connectivity index (χ3v) is 2.31. The lowest BCUT2D eigenvalue weighted by molar-refractivity contribution is 0.0697. The molecular formula is C11H16N2O2. The summed E-state index contributed by atoms with van der Waals surface area (Å²) in [5.41, 5.74) is 1.10. The first-order chi connectivity index (χ1) is 7.10. The number of carboxylic acid groups (broad SMARTS) is 1. The monoisotopic (exact) mass is 208 g/mol. The standard InChI is InChI=1S/C11H16N2O2/c1-4-13(5-2)10-9(11(14)15)7-6-8(3)12-10/h6-7H,4-5H2,1-3H3,(H,14,15). The van der Waals surface area contributed by atoms with Crippen molar-refractivity contribution in [2.75, 3.05) is 18.0 Å². The summed E-state index contributed by atoms with van der Waals surface area (Å²) < 4.78 is 0. The summed E-state index contributed by atoms with van der Waals surface area (Å²) in [6.07, 6.45) is 0. The van der Waals surface area contributed by atoms with Gasteiger partial charge in [0.15, 0.2) is 0 Å². The predicted molar refractivity (Wildman–Crippen MR) is 59.5 cm³/mol. The van der Waals surface area contributed by atoms with Crippen LogP contribution in [-0.2, 0) is 0 Å². The van der Waals surface area contributed by atoms with Crippen LogP contribution in [0.3, 0.4) is 0 Å². The maximum absolute atomic E-state index is 11.0. The maximum atomic E-state index is 11.0. The molecule has 1 N–H and O–H groups in total. The number of hydrogen-bond acceptors (Lipinski definition) is 3. The van der Waals surface area contributed by atoms with E-state index >= 15 is 0 Å². The summed E-state index contributed by atoms with van der Waals surface area (Å²) in [4.78, 5) is 17.2. The Kier molecular flexibility index (Phi) is 3.66. The molecule has 0 radical (unpaired) electrons. The normalized spacial score (nSPS) is 10.1. The number of anilines is 1. The minimum absolute atomic E-state index is 0.268. The fraction of sp³-hybridized carbons (Fsp3) is 0.455. The lowest BCUT2D eigenvalue weighted by Gasteiger charge is -2.21. The Bertz CT molecular complexity index is 360. The van der Waals surface area contributed by atoms with E-state index in [1.54, 1.807) is 12.1 Å². The largest absolute Gasteiger partial charge is 0.478 e. The summed E-state index contributed by atoms with van der Waals surface area (Å²) in [5.74, 6) is -0.364. The van der Waals surface area contributed by atoms with Crippen LogP contribution in [0.4, 0.5) is 5.82 Å². The van der Waals surface area contributed by atoms with Gasteiger partial charge in [0, 0.05) is 18.8 Å². The molecule has 0 fully saturated rings. The molecule has 0 atom stereocenters. The third-order valence-electron chi connectivity index (χ3n) is 2.31. The molecule has 1 heterocycles. The highest BCUT2D eigenvalue weighted by Crippen LogP contribution is 2.18. The molecule has 82 valence electrons. The molecule has 4 heteroatoms. The third kappa shape index (κ3) is 2.46. The molecule has 1 rings (SSSR count). The van der Waals surface area contributed by atoms with Gasteiger partial charge >= 0.3 is 5.97 Å². The van der Waals surface area contributed by atoms with Crippen LogP contribution in [0.1, 0.15) is 29.9 Å². The van der Waals surface area contributed by atoms with E-state index in [9.17, 15) is 4.79 Å². The smallest absolute Gasteiger partial charge is 0.339 e. The van der Waals surface area contributed by atoms with Gasteiger partial charge in [0.2, 0.25) is 0 Å². The SMILES string of the molecule is CCN(CC)c1nc(C)ccc1C(=O)O. The van der Waals surface area contributed by atoms with Crippen molar-refractivity contribution in [3.8, 4) is 0 Å². The van der Waals surface area contributed by atoms with E-state index in [1.165, 1.54) is 0 Å². The Morgan fingerprint density at radius 2 is 2.00 bits per heavy atom. The van der Waals surface area contributed by atoms with Gasteiger partial charge in [0.05, 0.1) is 0 Å². The Hall–Kier alpha value is -1.58. The first-order valence-electron chi connectivity index (χ1n) is 5.06. The highest BCUT2D eigenvalue weighted by Gasteiger charge is 2.15. The van der Waals surface area contributed by atoms with Gasteiger partial charge in [-0.25, -0.2) is 9.78 Å². The zero-order chi connectivity index (χ0) is 11.4. The van der Waals surface area contributed by atoms with Crippen molar-refractivity contribution in [1.29, 1.82) is 0 Å². The van der Waals surface area contributed by atoms with Crippen LogP contribution in [0, 0.1) is 6.92 Å². The summed E-state index contributed by atoms with van der Waals surface area (Å²) in [5, 5.41) is 9.03. The van der Waals surface area contributed by atoms with Crippen molar-refractivity contribution < 1.29 is 9.90 Å². The van der Waals surface area contributed by atoms with Crippen molar-refractivity contribution in [3.05, 3.63) is 23.4 Å². The van der Waals surface area contributed by atoms with Crippen LogP contribution in [0.5, 0.6) is 0 Å². The van der Waals surface area contributed by atoms with E-state index in [0.717, 1.165) is 18.8 Å². The van der Waals surface area contributed by atoms with Gasteiger partial charge in [-0.15, -0.1) is 0 Å². The zero-order valence-electron chi connectivity index (χ0n) is 9.32. The molecule has 0 aliphatic heterocycles. The lowest BCUT2D eigenvalue weighted by atomic mass is 10.2. The Balaban J connectivity index is 3.22. The highest BCUT2D eigenvalue weighted by atomic mass is 16.4. The van der Waals surface area contributed by atoms with Crippen LogP contribution in [0.2, 0.25) is 0 Å². The number of rotatable bonds is 4. The molecule has 0 saturated heterocycles. The van der Waals surface area contributed by atoms with Crippen LogP contribution in [-0.4, -0.2) is 29.1 Å². The molecule has 4 nitrogen and oxygen atoms in total. The second kappa shape index (κ2) is 4.77. The quantitative estimate of drug-likeness (QED) is 0.821. The number of aryl methyl sites for hydroxylation is 1. The highest BCUT2D eigenvalue weighted by molar-refractivity contribution is 5.93. The lowest BCUT2D eigenvalue weighted by Crippen LogP contribution is -2.25. The molecule has 0 bridgehead atoms. The molecule has 1 aromatic heterocycles. The molecular weight excluding hydrogens is 192 g/mol. The average molecular weight is 208 g/mol. The molecule has 1 aromatic rings. The number of aromatic carboxylic acids is 1. The predicted octanol–water partition coefficient (Wildman–Crippen LogP) is 1.93. The van der Waals surface area contributed by atoms with Crippen LogP contribution >= 0.6 is 0 Å². The van der Waals surface area contributed by atoms with Gasteiger partial charge in [-0.1, -0.05) is 0 Å². The number of aromatic nitrogens is 1. The van der Waals surface area contributed by atoms with Crippen LogP contribution < -0.4 is 4.90 Å². The Labute approximate surface area is 89.6 Å². The van der Waals surface area contributed by atoms with E-state index in [0.29, 0.717) is 5.82 Å². The van der Waals surface area contributed by atoms with E-state index in [2.05, 4.69) is 4.98 Å². The molecule has 0 aromatic carbocycles. The number of pyridine rings is 1. The number of carbonyl (C=O) groups is 1. The second-order valence-electron chi connectivity index (χ2n) is 3.30. The molecule has 15 heavy (non-hydrogen) atoms. The molecule has 0 unspecified atom stereocenters. The molecule has 0 amide bonds. The fourth-order valence-electron chi connectivity index (χ4n) is 1.47. The maximum Gasteiger partial charge on any atom is 0.339 e. The molecule has 0 spiro atoms. The van der Waals surface area contributed by atoms with Crippen molar-refractivity contribution in [1.82, 2.24) is 4.98 Å². The van der Waals surface area contributed by atoms with Crippen molar-refractivity contribution in [2.45, 2.75) is 20.8 Å². The second-order valence-corrected chi connectivity index (χ2v) is 3.30. The van der Waals surface area contributed by atoms with Gasteiger partial charge in [-0.3, -0.25) is 0 Å². The summed E-state index contributed by atoms with van der Waals surface area (Å²) in [7, 11) is 0. The number of carboxylic acids is 1. The van der Waals surface area contributed by atoms with E-state index in [4.69, 9.17) is 5.11 Å². The van der Waals surface area contributed by atoms with Crippen molar-refractivity contribution in [3.63, 3.8) is 0 Å². The van der Waals surface area contributed by atoms with Gasteiger partial charge in [-0.2, -0.15) is 0 Å². The molecule has 0 aliphatic carbocycles. The number of hydrogen-bond donors (Lipinski definition) is 1. The average Bonchev–Trinajstić information content (AvgIpc) is 2.19. The molecule has 0 saturated carbocycles.